The Morgan fingerprint density at radius 2 is 1.30 bits per heavy atom. The van der Waals surface area contributed by atoms with Gasteiger partial charge in [0.05, 0.1) is 18.6 Å². The van der Waals surface area contributed by atoms with Crippen LogP contribution in [-0.2, 0) is 4.79 Å². The molecule has 1 fully saturated rings. The van der Waals surface area contributed by atoms with Crippen LogP contribution in [0.15, 0.2) is 48.5 Å². The first kappa shape index (κ1) is 19.0. The first-order valence-electron chi connectivity index (χ1n) is 9.23. The molecule has 0 N–H and O–H groups in total. The SMILES string of the molecule is COc1ccc(OC(=O)c2ccc(OC(=O)C3CCC(C)CC3)cc2)cc1. The van der Waals surface area contributed by atoms with Crippen molar-refractivity contribution in [3.63, 3.8) is 0 Å². The summed E-state index contributed by atoms with van der Waals surface area (Å²) >= 11 is 0. The van der Waals surface area contributed by atoms with E-state index in [0.29, 0.717) is 28.7 Å². The Morgan fingerprint density at radius 3 is 1.89 bits per heavy atom. The molecule has 27 heavy (non-hydrogen) atoms. The van der Waals surface area contributed by atoms with Gasteiger partial charge in [0.2, 0.25) is 0 Å². The highest BCUT2D eigenvalue weighted by atomic mass is 16.5. The summed E-state index contributed by atoms with van der Waals surface area (Å²) in [5.74, 6) is 1.57. The van der Waals surface area contributed by atoms with Crippen molar-refractivity contribution >= 4 is 11.9 Å². The topological polar surface area (TPSA) is 61.8 Å². The lowest BCUT2D eigenvalue weighted by Crippen LogP contribution is -2.24. The number of carbonyl (C=O) groups is 2. The molecule has 2 aromatic carbocycles. The fraction of sp³-hybridized carbons (Fsp3) is 0.364. The molecule has 142 valence electrons. The van der Waals surface area contributed by atoms with Gasteiger partial charge in [0.1, 0.15) is 17.2 Å². The highest BCUT2D eigenvalue weighted by Gasteiger charge is 2.26. The van der Waals surface area contributed by atoms with E-state index >= 15 is 0 Å². The molecule has 0 saturated heterocycles. The van der Waals surface area contributed by atoms with E-state index in [1.54, 1.807) is 55.6 Å². The minimum absolute atomic E-state index is 0.0269. The zero-order valence-corrected chi connectivity index (χ0v) is 15.6. The average Bonchev–Trinajstić information content (AvgIpc) is 2.69. The fourth-order valence-corrected chi connectivity index (χ4v) is 3.16. The highest BCUT2D eigenvalue weighted by molar-refractivity contribution is 5.91. The van der Waals surface area contributed by atoms with E-state index < -0.39 is 5.97 Å². The average molecular weight is 368 g/mol. The van der Waals surface area contributed by atoms with E-state index in [0.717, 1.165) is 25.7 Å². The quantitative estimate of drug-likeness (QED) is 0.568. The van der Waals surface area contributed by atoms with Crippen LogP contribution in [0.25, 0.3) is 0 Å². The van der Waals surface area contributed by atoms with Crippen molar-refractivity contribution in [2.75, 3.05) is 7.11 Å². The molecule has 0 radical (unpaired) electrons. The third-order valence-corrected chi connectivity index (χ3v) is 4.93. The summed E-state index contributed by atoms with van der Waals surface area (Å²) in [5, 5.41) is 0. The molecule has 3 rings (SSSR count). The zero-order chi connectivity index (χ0) is 19.2. The van der Waals surface area contributed by atoms with Gasteiger partial charge in [0, 0.05) is 0 Å². The van der Waals surface area contributed by atoms with E-state index in [2.05, 4.69) is 6.92 Å². The van der Waals surface area contributed by atoms with E-state index in [1.165, 1.54) is 0 Å². The molecule has 0 spiro atoms. The number of ether oxygens (including phenoxy) is 3. The number of benzene rings is 2. The molecule has 5 heteroatoms. The van der Waals surface area contributed by atoms with Crippen LogP contribution in [0.4, 0.5) is 0 Å². The van der Waals surface area contributed by atoms with Gasteiger partial charge in [-0.1, -0.05) is 6.92 Å². The first-order valence-corrected chi connectivity index (χ1v) is 9.23. The van der Waals surface area contributed by atoms with Crippen molar-refractivity contribution in [3.05, 3.63) is 54.1 Å². The summed E-state index contributed by atoms with van der Waals surface area (Å²) < 4.78 is 15.9. The third-order valence-electron chi connectivity index (χ3n) is 4.93. The van der Waals surface area contributed by atoms with Gasteiger partial charge in [-0.2, -0.15) is 0 Å². The first-order chi connectivity index (χ1) is 13.0. The van der Waals surface area contributed by atoms with Crippen LogP contribution in [0.2, 0.25) is 0 Å². The van der Waals surface area contributed by atoms with E-state index in [1.807, 2.05) is 0 Å². The van der Waals surface area contributed by atoms with Crippen LogP contribution in [-0.4, -0.2) is 19.0 Å². The fourth-order valence-electron chi connectivity index (χ4n) is 3.16. The summed E-state index contributed by atoms with van der Waals surface area (Å²) in [4.78, 5) is 24.5. The normalized spacial score (nSPS) is 19.2. The Balaban J connectivity index is 1.55. The smallest absolute Gasteiger partial charge is 0.343 e. The predicted molar refractivity (Wildman–Crippen MR) is 101 cm³/mol. The Labute approximate surface area is 159 Å². The third kappa shape index (κ3) is 5.09. The Morgan fingerprint density at radius 1 is 0.778 bits per heavy atom. The minimum Gasteiger partial charge on any atom is -0.497 e. The van der Waals surface area contributed by atoms with Crippen molar-refractivity contribution in [1.82, 2.24) is 0 Å². The van der Waals surface area contributed by atoms with Gasteiger partial charge in [-0.15, -0.1) is 0 Å². The number of methoxy groups -OCH3 is 1. The largest absolute Gasteiger partial charge is 0.497 e. The van der Waals surface area contributed by atoms with Gasteiger partial charge < -0.3 is 14.2 Å². The van der Waals surface area contributed by atoms with Crippen LogP contribution in [0.3, 0.4) is 0 Å². The number of carbonyl (C=O) groups excluding carboxylic acids is 2. The lowest BCUT2D eigenvalue weighted by atomic mass is 9.83. The van der Waals surface area contributed by atoms with Gasteiger partial charge in [-0.05, 0) is 80.1 Å². The number of hydrogen-bond donors (Lipinski definition) is 0. The monoisotopic (exact) mass is 368 g/mol. The predicted octanol–water partition coefficient (Wildman–Crippen LogP) is 4.65. The standard InChI is InChI=1S/C22H24O5/c1-15-3-5-16(6-4-15)21(23)26-19-9-7-17(8-10-19)22(24)27-20-13-11-18(25-2)12-14-20/h7-16H,3-6H2,1-2H3. The second-order valence-electron chi connectivity index (χ2n) is 6.97. The van der Waals surface area contributed by atoms with Crippen molar-refractivity contribution in [2.45, 2.75) is 32.6 Å². The maximum absolute atomic E-state index is 12.3. The van der Waals surface area contributed by atoms with Crippen LogP contribution < -0.4 is 14.2 Å². The maximum Gasteiger partial charge on any atom is 0.343 e. The second-order valence-corrected chi connectivity index (χ2v) is 6.97. The van der Waals surface area contributed by atoms with Crippen molar-refractivity contribution < 1.29 is 23.8 Å². The summed E-state index contributed by atoms with van der Waals surface area (Å²) in [6, 6.07) is 13.2. The molecule has 0 bridgehead atoms. The molecule has 1 aliphatic rings. The molecule has 0 aliphatic heterocycles. The summed E-state index contributed by atoms with van der Waals surface area (Å²) in [6.07, 6.45) is 3.89. The van der Waals surface area contributed by atoms with Gasteiger partial charge in [0.15, 0.2) is 0 Å². The Hall–Kier alpha value is -2.82. The van der Waals surface area contributed by atoms with E-state index in [4.69, 9.17) is 14.2 Å². The molecule has 0 atom stereocenters. The van der Waals surface area contributed by atoms with Gasteiger partial charge in [-0.25, -0.2) is 4.79 Å². The summed E-state index contributed by atoms with van der Waals surface area (Å²) in [5.41, 5.74) is 0.386. The van der Waals surface area contributed by atoms with E-state index in [9.17, 15) is 9.59 Å². The van der Waals surface area contributed by atoms with Crippen LogP contribution in [0.1, 0.15) is 43.0 Å². The molecule has 1 saturated carbocycles. The van der Waals surface area contributed by atoms with Gasteiger partial charge in [-0.3, -0.25) is 4.79 Å². The lowest BCUT2D eigenvalue weighted by Gasteiger charge is -2.24. The minimum atomic E-state index is -0.473. The molecule has 5 nitrogen and oxygen atoms in total. The highest BCUT2D eigenvalue weighted by Crippen LogP contribution is 2.29. The van der Waals surface area contributed by atoms with Crippen LogP contribution in [0.5, 0.6) is 17.2 Å². The van der Waals surface area contributed by atoms with Crippen molar-refractivity contribution in [1.29, 1.82) is 0 Å². The van der Waals surface area contributed by atoms with Crippen molar-refractivity contribution in [3.8, 4) is 17.2 Å². The number of rotatable bonds is 5. The molecule has 1 aliphatic carbocycles. The number of esters is 2. The molecular weight excluding hydrogens is 344 g/mol. The summed E-state index contributed by atoms with van der Waals surface area (Å²) in [6.45, 7) is 2.21. The van der Waals surface area contributed by atoms with Gasteiger partial charge in [0.25, 0.3) is 0 Å². The molecule has 2 aromatic rings. The zero-order valence-electron chi connectivity index (χ0n) is 15.6. The van der Waals surface area contributed by atoms with Crippen molar-refractivity contribution in [2.24, 2.45) is 11.8 Å². The molecule has 0 unspecified atom stereocenters. The lowest BCUT2D eigenvalue weighted by molar-refractivity contribution is -0.140. The van der Waals surface area contributed by atoms with Crippen LogP contribution >= 0.6 is 0 Å². The maximum atomic E-state index is 12.3. The van der Waals surface area contributed by atoms with Gasteiger partial charge >= 0.3 is 11.9 Å². The second kappa shape index (κ2) is 8.71. The Kier molecular flexibility index (Phi) is 6.12. The molecular formula is C22H24O5. The molecule has 0 heterocycles. The number of hydrogen-bond acceptors (Lipinski definition) is 5. The van der Waals surface area contributed by atoms with Crippen LogP contribution in [0, 0.1) is 11.8 Å². The molecule has 0 amide bonds. The Bertz CT molecular complexity index is 771. The molecule has 0 aromatic heterocycles. The summed E-state index contributed by atoms with van der Waals surface area (Å²) in [7, 11) is 1.57. The van der Waals surface area contributed by atoms with E-state index in [-0.39, 0.29) is 11.9 Å².